The van der Waals surface area contributed by atoms with E-state index in [1.165, 1.54) is 0 Å². The number of nitrogens with zero attached hydrogens (tertiary/aromatic N) is 1. The van der Waals surface area contributed by atoms with Crippen LogP contribution >= 0.6 is 0 Å². The molecule has 1 saturated heterocycles. The highest BCUT2D eigenvalue weighted by Crippen LogP contribution is 2.30. The lowest BCUT2D eigenvalue weighted by Gasteiger charge is -2.34. The Kier molecular flexibility index (Phi) is 7.69. The smallest absolute Gasteiger partial charge is 0.341 e. The topological polar surface area (TPSA) is 78.5 Å². The molecule has 29 heavy (non-hydrogen) atoms. The van der Waals surface area contributed by atoms with Crippen molar-refractivity contribution < 1.29 is 26.4 Å². The summed E-state index contributed by atoms with van der Waals surface area (Å²) in [6.07, 6.45) is -3.10. The number of alkyl halides is 3. The fourth-order valence-corrected chi connectivity index (χ4v) is 4.73. The molecule has 1 aromatic rings. The Labute approximate surface area is 169 Å². The molecule has 0 aliphatic carbocycles. The number of carbonyl (C=O) groups is 1. The van der Waals surface area contributed by atoms with Crippen molar-refractivity contribution in [3.8, 4) is 0 Å². The van der Waals surface area contributed by atoms with Crippen LogP contribution in [0.25, 0.3) is 0 Å². The van der Waals surface area contributed by atoms with Crippen molar-refractivity contribution >= 4 is 15.9 Å². The number of piperidine rings is 1. The van der Waals surface area contributed by atoms with Gasteiger partial charge in [0.1, 0.15) is 0 Å². The lowest BCUT2D eigenvalue weighted by Crippen LogP contribution is -2.51. The Hall–Kier alpha value is -1.65. The molecule has 1 aliphatic rings. The average Bonchev–Trinajstić information content (AvgIpc) is 2.65. The molecule has 1 heterocycles. The molecule has 164 valence electrons. The van der Waals surface area contributed by atoms with Gasteiger partial charge < -0.3 is 10.2 Å². The molecule has 10 heteroatoms. The normalized spacial score (nSPS) is 17.6. The largest absolute Gasteiger partial charge is 0.416 e. The highest BCUT2D eigenvalue weighted by Gasteiger charge is 2.33. The number of halogens is 3. The predicted molar refractivity (Wildman–Crippen MR) is 104 cm³/mol. The maximum Gasteiger partial charge on any atom is 0.416 e. The van der Waals surface area contributed by atoms with Crippen LogP contribution in [0.1, 0.15) is 38.7 Å². The molecule has 0 radical (unpaired) electrons. The van der Waals surface area contributed by atoms with E-state index in [0.29, 0.717) is 44.3 Å². The van der Waals surface area contributed by atoms with Crippen molar-refractivity contribution in [1.82, 2.24) is 14.9 Å². The molecule has 1 aromatic carbocycles. The van der Waals surface area contributed by atoms with Gasteiger partial charge in [-0.25, -0.2) is 13.1 Å². The number of carbonyl (C=O) groups excluding carboxylic acids is 1. The summed E-state index contributed by atoms with van der Waals surface area (Å²) in [6, 6.07) is 2.96. The van der Waals surface area contributed by atoms with E-state index < -0.39 is 32.7 Å². The van der Waals surface area contributed by atoms with Gasteiger partial charge in [-0.3, -0.25) is 4.79 Å². The summed E-state index contributed by atoms with van der Waals surface area (Å²) in [5.41, 5.74) is -1.01. The van der Waals surface area contributed by atoms with Crippen LogP contribution in [0.2, 0.25) is 0 Å². The van der Waals surface area contributed by atoms with Crippen LogP contribution in [0.3, 0.4) is 0 Å². The highest BCUT2D eigenvalue weighted by molar-refractivity contribution is 7.89. The first-order chi connectivity index (χ1) is 13.4. The zero-order valence-corrected chi connectivity index (χ0v) is 17.6. The Bertz CT molecular complexity index is 804. The van der Waals surface area contributed by atoms with Gasteiger partial charge in [0.05, 0.1) is 16.5 Å². The number of amides is 1. The first kappa shape index (κ1) is 23.6. The van der Waals surface area contributed by atoms with E-state index in [2.05, 4.69) is 10.0 Å². The average molecular weight is 436 g/mol. The van der Waals surface area contributed by atoms with Crippen LogP contribution in [0.4, 0.5) is 13.2 Å². The molecule has 1 aliphatic heterocycles. The molecule has 1 atom stereocenters. The number of nitrogens with one attached hydrogen (secondary N) is 2. The molecule has 1 amide bonds. The number of benzene rings is 1. The standard InChI is InChI=1S/C19H28F3N3O3S/c1-13(2)11-17(23-3)18(26)25-9-7-15(8-10-25)24-29(27,28)16-6-4-5-14(12-16)19(20,21)22/h4-6,12-13,15,17,23-24H,7-11H2,1-3H3/t17-/m0/s1. The predicted octanol–water partition coefficient (Wildman–Crippen LogP) is 2.61. The first-order valence-corrected chi connectivity index (χ1v) is 11.1. The van der Waals surface area contributed by atoms with Gasteiger partial charge in [-0.15, -0.1) is 0 Å². The van der Waals surface area contributed by atoms with Gasteiger partial charge in [0, 0.05) is 19.1 Å². The number of hydrogen-bond donors (Lipinski definition) is 2. The molecular weight excluding hydrogens is 407 g/mol. The van der Waals surface area contributed by atoms with Crippen LogP contribution < -0.4 is 10.0 Å². The van der Waals surface area contributed by atoms with Crippen LogP contribution in [0.15, 0.2) is 29.2 Å². The number of sulfonamides is 1. The quantitative estimate of drug-likeness (QED) is 0.690. The molecule has 0 saturated carbocycles. The summed E-state index contributed by atoms with van der Waals surface area (Å²) >= 11 is 0. The van der Waals surface area contributed by atoms with Crippen molar-refractivity contribution in [2.75, 3.05) is 20.1 Å². The minimum atomic E-state index is -4.61. The number of likely N-dealkylation sites (tertiary alicyclic amines) is 1. The lowest BCUT2D eigenvalue weighted by molar-refractivity contribution is -0.137. The molecule has 0 aromatic heterocycles. The summed E-state index contributed by atoms with van der Waals surface area (Å²) < 4.78 is 66.0. The highest BCUT2D eigenvalue weighted by atomic mass is 32.2. The van der Waals surface area contributed by atoms with E-state index in [9.17, 15) is 26.4 Å². The number of hydrogen-bond acceptors (Lipinski definition) is 4. The van der Waals surface area contributed by atoms with Crippen LogP contribution in [-0.4, -0.2) is 51.4 Å². The van der Waals surface area contributed by atoms with Crippen LogP contribution in [0.5, 0.6) is 0 Å². The van der Waals surface area contributed by atoms with E-state index in [0.717, 1.165) is 18.2 Å². The molecule has 0 spiro atoms. The summed E-state index contributed by atoms with van der Waals surface area (Å²) in [5.74, 6) is 0.341. The zero-order chi connectivity index (χ0) is 21.8. The SMILES string of the molecule is CN[C@@H](CC(C)C)C(=O)N1CCC(NS(=O)(=O)c2cccc(C(F)(F)F)c2)CC1. The minimum absolute atomic E-state index is 0.0135. The minimum Gasteiger partial charge on any atom is -0.341 e. The number of likely N-dealkylation sites (N-methyl/N-ethyl adjacent to an activating group) is 1. The molecule has 2 rings (SSSR count). The lowest BCUT2D eigenvalue weighted by atomic mass is 10.0. The zero-order valence-electron chi connectivity index (χ0n) is 16.8. The van der Waals surface area contributed by atoms with E-state index in [-0.39, 0.29) is 11.9 Å². The van der Waals surface area contributed by atoms with Gasteiger partial charge in [-0.05, 0) is 50.4 Å². The first-order valence-electron chi connectivity index (χ1n) is 9.59. The molecule has 0 unspecified atom stereocenters. The Morgan fingerprint density at radius 3 is 2.38 bits per heavy atom. The van der Waals surface area contributed by atoms with Gasteiger partial charge >= 0.3 is 6.18 Å². The van der Waals surface area contributed by atoms with Crippen LogP contribution in [0, 0.1) is 5.92 Å². The summed E-state index contributed by atoms with van der Waals surface area (Å²) in [6.45, 7) is 4.86. The third-order valence-corrected chi connectivity index (χ3v) is 6.47. The summed E-state index contributed by atoms with van der Waals surface area (Å²) in [4.78, 5) is 13.9. The second-order valence-corrected chi connectivity index (χ2v) is 9.43. The van der Waals surface area contributed by atoms with Gasteiger partial charge in [0.2, 0.25) is 15.9 Å². The second-order valence-electron chi connectivity index (χ2n) is 7.72. The van der Waals surface area contributed by atoms with Crippen molar-refractivity contribution in [2.45, 2.75) is 56.3 Å². The molecule has 6 nitrogen and oxygen atoms in total. The number of rotatable bonds is 7. The maximum absolute atomic E-state index is 12.8. The molecular formula is C19H28F3N3O3S. The second kappa shape index (κ2) is 9.44. The third-order valence-electron chi connectivity index (χ3n) is 4.95. The van der Waals surface area contributed by atoms with Crippen molar-refractivity contribution in [2.24, 2.45) is 5.92 Å². The third kappa shape index (κ3) is 6.42. The van der Waals surface area contributed by atoms with Crippen molar-refractivity contribution in [3.63, 3.8) is 0 Å². The fourth-order valence-electron chi connectivity index (χ4n) is 3.38. The van der Waals surface area contributed by atoms with Gasteiger partial charge in [0.25, 0.3) is 0 Å². The van der Waals surface area contributed by atoms with Crippen molar-refractivity contribution in [1.29, 1.82) is 0 Å². The fraction of sp³-hybridized carbons (Fsp3) is 0.632. The molecule has 1 fully saturated rings. The Balaban J connectivity index is 1.99. The van der Waals surface area contributed by atoms with E-state index in [1.807, 2.05) is 13.8 Å². The van der Waals surface area contributed by atoms with E-state index in [4.69, 9.17) is 0 Å². The van der Waals surface area contributed by atoms with Gasteiger partial charge in [-0.1, -0.05) is 19.9 Å². The van der Waals surface area contributed by atoms with E-state index >= 15 is 0 Å². The van der Waals surface area contributed by atoms with Crippen LogP contribution in [-0.2, 0) is 21.0 Å². The Morgan fingerprint density at radius 2 is 1.86 bits per heavy atom. The molecule has 0 bridgehead atoms. The maximum atomic E-state index is 12.8. The monoisotopic (exact) mass is 435 g/mol. The van der Waals surface area contributed by atoms with Gasteiger partial charge in [0.15, 0.2) is 0 Å². The van der Waals surface area contributed by atoms with Crippen molar-refractivity contribution in [3.05, 3.63) is 29.8 Å². The summed E-state index contributed by atoms with van der Waals surface area (Å²) in [5, 5.41) is 3.02. The van der Waals surface area contributed by atoms with Gasteiger partial charge in [-0.2, -0.15) is 13.2 Å². The molecule has 2 N–H and O–H groups in total. The van der Waals surface area contributed by atoms with E-state index in [1.54, 1.807) is 11.9 Å². The summed E-state index contributed by atoms with van der Waals surface area (Å²) in [7, 11) is -2.35. The Morgan fingerprint density at radius 1 is 1.24 bits per heavy atom.